The number of rotatable bonds is 1. The molecule has 1 aromatic heterocycles. The van der Waals surface area contributed by atoms with Gasteiger partial charge in [-0.25, -0.2) is 13.8 Å². The van der Waals surface area contributed by atoms with Crippen LogP contribution in [0, 0.1) is 0 Å². The molecule has 1 aromatic rings. The third-order valence-electron chi connectivity index (χ3n) is 1.36. The second kappa shape index (κ2) is 2.80. The fraction of sp³-hybridized carbons (Fsp3) is 0.167. The van der Waals surface area contributed by atoms with E-state index in [0.717, 1.165) is 6.07 Å². The smallest absolute Gasteiger partial charge is 0.269 e. The third-order valence-corrected chi connectivity index (χ3v) is 1.36. The minimum atomic E-state index is -2.72. The molecule has 66 valence electrons. The highest BCUT2D eigenvalue weighted by molar-refractivity contribution is 5.62. The largest absolute Gasteiger partial charge is 0.398 e. The van der Waals surface area contributed by atoms with Gasteiger partial charge in [0, 0.05) is 11.8 Å². The number of alkyl halides is 2. The van der Waals surface area contributed by atoms with Gasteiger partial charge in [0.25, 0.3) is 6.43 Å². The van der Waals surface area contributed by atoms with Crippen LogP contribution < -0.4 is 17.2 Å². The molecule has 0 aromatic carbocycles. The van der Waals surface area contributed by atoms with Gasteiger partial charge in [-0.1, -0.05) is 0 Å². The first-order valence-corrected chi connectivity index (χ1v) is 3.12. The van der Waals surface area contributed by atoms with Crippen molar-refractivity contribution in [2.75, 3.05) is 17.2 Å². The molecule has 0 unspecified atom stereocenters. The van der Waals surface area contributed by atoms with Gasteiger partial charge in [0.05, 0.1) is 5.56 Å². The fourth-order valence-corrected chi connectivity index (χ4v) is 0.854. The first-order chi connectivity index (χ1) is 5.52. The van der Waals surface area contributed by atoms with Crippen LogP contribution in [0.2, 0.25) is 0 Å². The minimum absolute atomic E-state index is 0.0365. The Balaban J connectivity index is 3.28. The summed E-state index contributed by atoms with van der Waals surface area (Å²) in [6.45, 7) is 0. The predicted octanol–water partition coefficient (Wildman–Crippen LogP) is 0.766. The molecule has 0 aliphatic rings. The molecule has 6 heteroatoms. The lowest BCUT2D eigenvalue weighted by Gasteiger charge is -2.07. The van der Waals surface area contributed by atoms with Gasteiger partial charge in [-0.3, -0.25) is 0 Å². The van der Waals surface area contributed by atoms with Gasteiger partial charge in [0.1, 0.15) is 11.6 Å². The molecular formula is C6H8F2N4. The lowest BCUT2D eigenvalue weighted by atomic mass is 10.2. The number of nitrogens with two attached hydrogens (primary N) is 3. The topological polar surface area (TPSA) is 91.0 Å². The number of hydrogen-bond acceptors (Lipinski definition) is 4. The van der Waals surface area contributed by atoms with E-state index >= 15 is 0 Å². The molecule has 0 saturated carbocycles. The number of pyridine rings is 1. The number of halogens is 2. The average Bonchev–Trinajstić information content (AvgIpc) is 1.82. The zero-order valence-electron chi connectivity index (χ0n) is 6.09. The first kappa shape index (κ1) is 8.51. The molecule has 0 atom stereocenters. The van der Waals surface area contributed by atoms with Crippen molar-refractivity contribution in [1.82, 2.24) is 4.98 Å². The Kier molecular flexibility index (Phi) is 1.99. The van der Waals surface area contributed by atoms with Gasteiger partial charge in [0.2, 0.25) is 0 Å². The molecule has 12 heavy (non-hydrogen) atoms. The molecule has 1 heterocycles. The van der Waals surface area contributed by atoms with E-state index in [1.54, 1.807) is 0 Å². The summed E-state index contributed by atoms with van der Waals surface area (Å²) in [6.07, 6.45) is -2.72. The van der Waals surface area contributed by atoms with E-state index in [0.29, 0.717) is 0 Å². The van der Waals surface area contributed by atoms with Crippen LogP contribution in [0.4, 0.5) is 26.1 Å². The number of hydrogen-bond donors (Lipinski definition) is 3. The average molecular weight is 174 g/mol. The Morgan fingerprint density at radius 1 is 1.25 bits per heavy atom. The van der Waals surface area contributed by atoms with Crippen molar-refractivity contribution in [3.8, 4) is 0 Å². The first-order valence-electron chi connectivity index (χ1n) is 3.12. The van der Waals surface area contributed by atoms with Crippen LogP contribution in [-0.2, 0) is 0 Å². The molecule has 4 nitrogen and oxygen atoms in total. The predicted molar refractivity (Wildman–Crippen MR) is 42.4 cm³/mol. The second-order valence-electron chi connectivity index (χ2n) is 2.24. The Morgan fingerprint density at radius 2 is 1.83 bits per heavy atom. The molecular weight excluding hydrogens is 166 g/mol. The maximum atomic E-state index is 12.2. The van der Waals surface area contributed by atoms with Crippen LogP contribution in [0.1, 0.15) is 12.0 Å². The fourth-order valence-electron chi connectivity index (χ4n) is 0.854. The standard InChI is InChI=1S/C6H8F2N4/c7-5(8)4-2(9)1-3(10)12-6(4)11/h1,5H,(H6,9,10,11,12). The lowest BCUT2D eigenvalue weighted by molar-refractivity contribution is 0.153. The molecule has 0 aliphatic carbocycles. The molecule has 0 bridgehead atoms. The van der Waals surface area contributed by atoms with Crippen molar-refractivity contribution >= 4 is 17.3 Å². The Labute approximate surface area is 67.4 Å². The number of nitrogens with zero attached hydrogens (tertiary/aromatic N) is 1. The maximum Gasteiger partial charge on any atom is 0.269 e. The van der Waals surface area contributed by atoms with Gasteiger partial charge in [-0.15, -0.1) is 0 Å². The number of anilines is 3. The number of nitrogen functional groups attached to an aromatic ring is 3. The van der Waals surface area contributed by atoms with Crippen LogP contribution >= 0.6 is 0 Å². The van der Waals surface area contributed by atoms with Crippen LogP contribution in [-0.4, -0.2) is 4.98 Å². The summed E-state index contributed by atoms with van der Waals surface area (Å²) in [5, 5.41) is 0. The van der Waals surface area contributed by atoms with Gasteiger partial charge in [-0.2, -0.15) is 0 Å². The zero-order chi connectivity index (χ0) is 9.30. The van der Waals surface area contributed by atoms with E-state index in [2.05, 4.69) is 4.98 Å². The normalized spacial score (nSPS) is 10.6. The Morgan fingerprint density at radius 3 is 2.25 bits per heavy atom. The summed E-state index contributed by atoms with van der Waals surface area (Å²) in [5.41, 5.74) is 15.0. The van der Waals surface area contributed by atoms with Crippen molar-refractivity contribution in [3.05, 3.63) is 11.6 Å². The zero-order valence-corrected chi connectivity index (χ0v) is 6.09. The maximum absolute atomic E-state index is 12.2. The van der Waals surface area contributed by atoms with Crippen molar-refractivity contribution in [3.63, 3.8) is 0 Å². The van der Waals surface area contributed by atoms with Crippen LogP contribution in [0.3, 0.4) is 0 Å². The van der Waals surface area contributed by atoms with Gasteiger partial charge < -0.3 is 17.2 Å². The molecule has 0 fully saturated rings. The lowest BCUT2D eigenvalue weighted by Crippen LogP contribution is -2.05. The van der Waals surface area contributed by atoms with E-state index in [-0.39, 0.29) is 17.3 Å². The van der Waals surface area contributed by atoms with Crippen molar-refractivity contribution in [1.29, 1.82) is 0 Å². The third kappa shape index (κ3) is 1.36. The van der Waals surface area contributed by atoms with E-state index in [4.69, 9.17) is 17.2 Å². The highest BCUT2D eigenvalue weighted by Gasteiger charge is 2.16. The SMILES string of the molecule is Nc1cc(N)c(C(F)F)c(N)n1. The summed E-state index contributed by atoms with van der Waals surface area (Å²) < 4.78 is 24.4. The van der Waals surface area contributed by atoms with E-state index in [1.807, 2.05) is 0 Å². The summed E-state index contributed by atoms with van der Waals surface area (Å²) in [7, 11) is 0. The van der Waals surface area contributed by atoms with Crippen molar-refractivity contribution in [2.24, 2.45) is 0 Å². The highest BCUT2D eigenvalue weighted by Crippen LogP contribution is 2.30. The summed E-state index contributed by atoms with van der Waals surface area (Å²) in [5.74, 6) is -0.281. The van der Waals surface area contributed by atoms with Gasteiger partial charge >= 0.3 is 0 Å². The molecule has 0 radical (unpaired) electrons. The quantitative estimate of drug-likeness (QED) is 0.586. The summed E-state index contributed by atoms with van der Waals surface area (Å²) in [6, 6.07) is 1.15. The molecule has 0 aliphatic heterocycles. The van der Waals surface area contributed by atoms with E-state index in [1.165, 1.54) is 0 Å². The van der Waals surface area contributed by atoms with Gasteiger partial charge in [0.15, 0.2) is 0 Å². The van der Waals surface area contributed by atoms with E-state index in [9.17, 15) is 8.78 Å². The van der Waals surface area contributed by atoms with Crippen molar-refractivity contribution < 1.29 is 8.78 Å². The molecule has 6 N–H and O–H groups in total. The molecule has 1 rings (SSSR count). The monoisotopic (exact) mass is 174 g/mol. The Bertz CT molecular complexity index is 277. The summed E-state index contributed by atoms with van der Waals surface area (Å²) >= 11 is 0. The van der Waals surface area contributed by atoms with Crippen LogP contribution in [0.5, 0.6) is 0 Å². The second-order valence-corrected chi connectivity index (χ2v) is 2.24. The van der Waals surface area contributed by atoms with Crippen LogP contribution in [0.15, 0.2) is 6.07 Å². The molecule has 0 saturated heterocycles. The highest BCUT2D eigenvalue weighted by atomic mass is 19.3. The van der Waals surface area contributed by atoms with Crippen molar-refractivity contribution in [2.45, 2.75) is 6.43 Å². The van der Waals surface area contributed by atoms with E-state index < -0.39 is 12.0 Å². The summed E-state index contributed by atoms with van der Waals surface area (Å²) in [4.78, 5) is 3.45. The Hall–Kier alpha value is -1.59. The van der Waals surface area contributed by atoms with Gasteiger partial charge in [-0.05, 0) is 0 Å². The van der Waals surface area contributed by atoms with Crippen LogP contribution in [0.25, 0.3) is 0 Å². The molecule has 0 spiro atoms. The molecule has 0 amide bonds. The number of aromatic nitrogens is 1. The minimum Gasteiger partial charge on any atom is -0.398 e.